The van der Waals surface area contributed by atoms with Crippen molar-refractivity contribution in [3.05, 3.63) is 0 Å². The lowest BCUT2D eigenvalue weighted by molar-refractivity contribution is -0.119. The van der Waals surface area contributed by atoms with Crippen molar-refractivity contribution < 1.29 is 4.79 Å². The number of hydrogen-bond acceptors (Lipinski definition) is 2. The molecule has 1 atom stereocenters. The summed E-state index contributed by atoms with van der Waals surface area (Å²) in [6.07, 6.45) is 1.69. The van der Waals surface area contributed by atoms with Crippen LogP contribution in [0.2, 0.25) is 0 Å². The molecule has 0 aromatic rings. The van der Waals surface area contributed by atoms with Crippen molar-refractivity contribution in [1.82, 2.24) is 10.6 Å². The van der Waals surface area contributed by atoms with E-state index in [-0.39, 0.29) is 5.91 Å². The standard InChI is InChI=1S/C6H12N2O/c1-7-4-5-2-3-6(9)8-5/h5,7H,2-4H2,1H3,(H,8,9)/t5-/m0/s1. The summed E-state index contributed by atoms with van der Waals surface area (Å²) in [5.74, 6) is 0.190. The smallest absolute Gasteiger partial charge is 0.220 e. The van der Waals surface area contributed by atoms with E-state index in [4.69, 9.17) is 0 Å². The van der Waals surface area contributed by atoms with Gasteiger partial charge in [-0.1, -0.05) is 0 Å². The fraction of sp³-hybridized carbons (Fsp3) is 0.833. The van der Waals surface area contributed by atoms with Crippen LogP contribution in [-0.4, -0.2) is 25.5 Å². The number of nitrogens with one attached hydrogen (secondary N) is 2. The van der Waals surface area contributed by atoms with Crippen molar-refractivity contribution in [2.45, 2.75) is 18.9 Å². The number of hydrogen-bond donors (Lipinski definition) is 2. The number of rotatable bonds is 2. The van der Waals surface area contributed by atoms with Gasteiger partial charge in [0.05, 0.1) is 0 Å². The van der Waals surface area contributed by atoms with Crippen molar-refractivity contribution in [2.75, 3.05) is 13.6 Å². The van der Waals surface area contributed by atoms with E-state index in [1.807, 2.05) is 7.05 Å². The van der Waals surface area contributed by atoms with E-state index in [2.05, 4.69) is 10.6 Å². The largest absolute Gasteiger partial charge is 0.352 e. The van der Waals surface area contributed by atoms with Gasteiger partial charge in [0.2, 0.25) is 5.91 Å². The highest BCUT2D eigenvalue weighted by molar-refractivity contribution is 5.78. The molecular weight excluding hydrogens is 116 g/mol. The summed E-state index contributed by atoms with van der Waals surface area (Å²) in [5, 5.41) is 5.87. The Morgan fingerprint density at radius 2 is 2.67 bits per heavy atom. The van der Waals surface area contributed by atoms with Crippen LogP contribution in [0.1, 0.15) is 12.8 Å². The molecule has 0 saturated carbocycles. The Balaban J connectivity index is 2.22. The second-order valence-electron chi connectivity index (χ2n) is 2.36. The molecule has 0 aromatic carbocycles. The molecule has 1 saturated heterocycles. The molecule has 0 aromatic heterocycles. The Kier molecular flexibility index (Phi) is 2.05. The predicted octanol–water partition coefficient (Wildman–Crippen LogP) is -0.516. The van der Waals surface area contributed by atoms with Gasteiger partial charge in [0, 0.05) is 19.0 Å². The van der Waals surface area contributed by atoms with Gasteiger partial charge in [-0.15, -0.1) is 0 Å². The lowest BCUT2D eigenvalue weighted by Crippen LogP contribution is -2.33. The van der Waals surface area contributed by atoms with Crippen LogP contribution < -0.4 is 10.6 Å². The molecule has 2 N–H and O–H groups in total. The first-order valence-corrected chi connectivity index (χ1v) is 3.27. The molecule has 3 heteroatoms. The second-order valence-corrected chi connectivity index (χ2v) is 2.36. The Labute approximate surface area is 54.8 Å². The third-order valence-electron chi connectivity index (χ3n) is 1.54. The Morgan fingerprint density at radius 3 is 3.11 bits per heavy atom. The first-order chi connectivity index (χ1) is 4.33. The number of carbonyl (C=O) groups excluding carboxylic acids is 1. The zero-order valence-electron chi connectivity index (χ0n) is 5.61. The molecule has 0 radical (unpaired) electrons. The van der Waals surface area contributed by atoms with Gasteiger partial charge >= 0.3 is 0 Å². The molecule has 1 rings (SSSR count). The van der Waals surface area contributed by atoms with Crippen LogP contribution in [0.4, 0.5) is 0 Å². The Hall–Kier alpha value is -0.570. The average Bonchev–Trinajstić information content (AvgIpc) is 2.17. The Morgan fingerprint density at radius 1 is 1.89 bits per heavy atom. The van der Waals surface area contributed by atoms with Crippen LogP contribution in [0.25, 0.3) is 0 Å². The van der Waals surface area contributed by atoms with E-state index in [1.165, 1.54) is 0 Å². The molecule has 1 heterocycles. The lowest BCUT2D eigenvalue weighted by Gasteiger charge is -2.06. The molecular formula is C6H12N2O. The maximum Gasteiger partial charge on any atom is 0.220 e. The van der Waals surface area contributed by atoms with Crippen molar-refractivity contribution in [3.63, 3.8) is 0 Å². The van der Waals surface area contributed by atoms with Gasteiger partial charge in [-0.3, -0.25) is 4.79 Å². The van der Waals surface area contributed by atoms with E-state index >= 15 is 0 Å². The summed E-state index contributed by atoms with van der Waals surface area (Å²) >= 11 is 0. The first-order valence-electron chi connectivity index (χ1n) is 3.27. The van der Waals surface area contributed by atoms with Crippen LogP contribution in [0, 0.1) is 0 Å². The third kappa shape index (κ3) is 1.68. The minimum absolute atomic E-state index is 0.190. The van der Waals surface area contributed by atoms with Gasteiger partial charge in [-0.2, -0.15) is 0 Å². The van der Waals surface area contributed by atoms with Gasteiger partial charge in [0.25, 0.3) is 0 Å². The van der Waals surface area contributed by atoms with E-state index in [0.717, 1.165) is 13.0 Å². The van der Waals surface area contributed by atoms with Gasteiger partial charge in [0.1, 0.15) is 0 Å². The van der Waals surface area contributed by atoms with Gasteiger partial charge in [-0.05, 0) is 13.5 Å². The molecule has 52 valence electrons. The third-order valence-corrected chi connectivity index (χ3v) is 1.54. The van der Waals surface area contributed by atoms with Crippen LogP contribution in [0.15, 0.2) is 0 Å². The predicted molar refractivity (Wildman–Crippen MR) is 35.1 cm³/mol. The quantitative estimate of drug-likeness (QED) is 0.525. The van der Waals surface area contributed by atoms with E-state index in [0.29, 0.717) is 12.5 Å². The topological polar surface area (TPSA) is 41.1 Å². The van der Waals surface area contributed by atoms with E-state index in [1.54, 1.807) is 0 Å². The molecule has 9 heavy (non-hydrogen) atoms. The molecule has 1 fully saturated rings. The lowest BCUT2D eigenvalue weighted by atomic mass is 10.2. The number of likely N-dealkylation sites (N-methyl/N-ethyl adjacent to an activating group) is 1. The second kappa shape index (κ2) is 2.82. The summed E-state index contributed by atoms with van der Waals surface area (Å²) in [5.41, 5.74) is 0. The van der Waals surface area contributed by atoms with Crippen molar-refractivity contribution >= 4 is 5.91 Å². The molecule has 0 spiro atoms. The molecule has 1 aliphatic heterocycles. The molecule has 3 nitrogen and oxygen atoms in total. The van der Waals surface area contributed by atoms with Crippen LogP contribution in [0.3, 0.4) is 0 Å². The van der Waals surface area contributed by atoms with Crippen molar-refractivity contribution in [2.24, 2.45) is 0 Å². The zero-order chi connectivity index (χ0) is 6.69. The average molecular weight is 128 g/mol. The van der Waals surface area contributed by atoms with Crippen LogP contribution >= 0.6 is 0 Å². The minimum atomic E-state index is 0.190. The first kappa shape index (κ1) is 6.55. The molecule has 1 aliphatic rings. The summed E-state index contributed by atoms with van der Waals surface area (Å²) < 4.78 is 0. The zero-order valence-corrected chi connectivity index (χ0v) is 5.61. The molecule has 1 amide bonds. The summed E-state index contributed by atoms with van der Waals surface area (Å²) in [6.45, 7) is 0.895. The highest BCUT2D eigenvalue weighted by atomic mass is 16.1. The van der Waals surface area contributed by atoms with Gasteiger partial charge < -0.3 is 10.6 Å². The minimum Gasteiger partial charge on any atom is -0.352 e. The van der Waals surface area contributed by atoms with Crippen LogP contribution in [-0.2, 0) is 4.79 Å². The Bertz CT molecular complexity index is 114. The summed E-state index contributed by atoms with van der Waals surface area (Å²) in [7, 11) is 1.89. The number of amides is 1. The SMILES string of the molecule is CNC[C@@H]1CCC(=O)N1. The van der Waals surface area contributed by atoms with E-state index in [9.17, 15) is 4.79 Å². The number of carbonyl (C=O) groups is 1. The monoisotopic (exact) mass is 128 g/mol. The van der Waals surface area contributed by atoms with Gasteiger partial charge in [0.15, 0.2) is 0 Å². The fourth-order valence-corrected chi connectivity index (χ4v) is 1.08. The highest BCUT2D eigenvalue weighted by Crippen LogP contribution is 2.04. The van der Waals surface area contributed by atoms with Crippen LogP contribution in [0.5, 0.6) is 0 Å². The maximum atomic E-state index is 10.6. The molecule has 0 bridgehead atoms. The maximum absolute atomic E-state index is 10.6. The normalized spacial score (nSPS) is 26.3. The van der Waals surface area contributed by atoms with Crippen molar-refractivity contribution in [3.8, 4) is 0 Å². The molecule has 0 aliphatic carbocycles. The highest BCUT2D eigenvalue weighted by Gasteiger charge is 2.18. The van der Waals surface area contributed by atoms with Crippen molar-refractivity contribution in [1.29, 1.82) is 0 Å². The fourth-order valence-electron chi connectivity index (χ4n) is 1.08. The van der Waals surface area contributed by atoms with E-state index < -0.39 is 0 Å². The summed E-state index contributed by atoms with van der Waals surface area (Å²) in [6, 6.07) is 0.377. The summed E-state index contributed by atoms with van der Waals surface area (Å²) in [4.78, 5) is 10.6. The molecule has 0 unspecified atom stereocenters. The van der Waals surface area contributed by atoms with Gasteiger partial charge in [-0.25, -0.2) is 0 Å².